The first-order chi connectivity index (χ1) is 18.2. The predicted octanol–water partition coefficient (Wildman–Crippen LogP) is 4.95. The summed E-state index contributed by atoms with van der Waals surface area (Å²) < 4.78 is 5.59. The van der Waals surface area contributed by atoms with E-state index in [9.17, 15) is 4.79 Å². The van der Waals surface area contributed by atoms with Crippen molar-refractivity contribution >= 4 is 42.4 Å². The van der Waals surface area contributed by atoms with Gasteiger partial charge in [-0.25, -0.2) is 0 Å². The number of hydrogen-bond acceptors (Lipinski definition) is 8. The maximum absolute atomic E-state index is 13.3. The van der Waals surface area contributed by atoms with Crippen molar-refractivity contribution in [3.63, 3.8) is 0 Å². The molecule has 202 valence electrons. The molecule has 0 radical (unpaired) electrons. The van der Waals surface area contributed by atoms with Gasteiger partial charge in [0.25, 0.3) is 0 Å². The highest BCUT2D eigenvalue weighted by molar-refractivity contribution is 5.85. The van der Waals surface area contributed by atoms with Crippen LogP contribution in [-0.4, -0.2) is 59.1 Å². The van der Waals surface area contributed by atoms with E-state index in [1.165, 1.54) is 0 Å². The number of fused-ring (bicyclic) bond motifs is 1. The first-order valence-corrected chi connectivity index (χ1v) is 12.6. The minimum atomic E-state index is -0.657. The topological polar surface area (TPSA) is 84.3 Å². The van der Waals surface area contributed by atoms with Crippen molar-refractivity contribution < 1.29 is 9.53 Å². The Hall–Kier alpha value is -3.75. The third kappa shape index (κ3) is 5.40. The molecule has 8 nitrogen and oxygen atoms in total. The second-order valence-electron chi connectivity index (χ2n) is 9.62. The van der Waals surface area contributed by atoms with Crippen LogP contribution >= 0.6 is 24.8 Å². The van der Waals surface area contributed by atoms with Gasteiger partial charge in [0.2, 0.25) is 0 Å². The third-order valence-electron chi connectivity index (χ3n) is 7.38. The number of carbonyl (C=O) groups is 1. The van der Waals surface area contributed by atoms with Crippen LogP contribution < -0.4 is 9.80 Å². The van der Waals surface area contributed by atoms with Crippen LogP contribution in [0.4, 0.5) is 11.6 Å². The van der Waals surface area contributed by atoms with Gasteiger partial charge in [0, 0.05) is 43.2 Å². The van der Waals surface area contributed by atoms with Crippen LogP contribution in [0.15, 0.2) is 84.9 Å². The Morgan fingerprint density at radius 1 is 0.744 bits per heavy atom. The van der Waals surface area contributed by atoms with E-state index in [4.69, 9.17) is 4.74 Å². The lowest BCUT2D eigenvalue weighted by molar-refractivity contribution is -0.154. The molecule has 39 heavy (non-hydrogen) atoms. The van der Waals surface area contributed by atoms with Gasteiger partial charge in [-0.15, -0.1) is 45.2 Å². The molecule has 10 heteroatoms. The SMILES string of the molecule is CCOC(=O)C12CN(c3ccc(-c4ccccc4)nn3)CC1CN(c1ccc(-c3ccccc3)nn1)C2.Cl.Cl. The molecule has 2 aromatic heterocycles. The fraction of sp³-hybridized carbons (Fsp3) is 0.276. The molecule has 6 rings (SSSR count). The molecule has 2 saturated heterocycles. The van der Waals surface area contributed by atoms with Crippen LogP contribution in [0.25, 0.3) is 22.5 Å². The number of halogens is 2. The lowest BCUT2D eigenvalue weighted by Crippen LogP contribution is -2.42. The van der Waals surface area contributed by atoms with E-state index in [-0.39, 0.29) is 36.7 Å². The van der Waals surface area contributed by atoms with Crippen molar-refractivity contribution in [2.45, 2.75) is 6.92 Å². The Balaban J connectivity index is 0.00000176. The molecule has 0 N–H and O–H groups in total. The molecule has 0 bridgehead atoms. The van der Waals surface area contributed by atoms with Gasteiger partial charge in [0.05, 0.1) is 18.0 Å². The van der Waals surface area contributed by atoms with E-state index < -0.39 is 5.41 Å². The van der Waals surface area contributed by atoms with Crippen LogP contribution in [-0.2, 0) is 9.53 Å². The van der Waals surface area contributed by atoms with Gasteiger partial charge >= 0.3 is 5.97 Å². The zero-order valence-corrected chi connectivity index (χ0v) is 23.1. The van der Waals surface area contributed by atoms with E-state index in [1.807, 2.05) is 91.9 Å². The fourth-order valence-corrected chi connectivity index (χ4v) is 5.49. The largest absolute Gasteiger partial charge is 0.465 e. The average molecular weight is 566 g/mol. The minimum absolute atomic E-state index is 0. The quantitative estimate of drug-likeness (QED) is 0.304. The Labute approximate surface area is 240 Å². The molecule has 0 aliphatic carbocycles. The number of carbonyl (C=O) groups excluding carboxylic acids is 1. The summed E-state index contributed by atoms with van der Waals surface area (Å²) in [6.07, 6.45) is 0. The lowest BCUT2D eigenvalue weighted by atomic mass is 9.81. The fourth-order valence-electron chi connectivity index (χ4n) is 5.49. The second-order valence-corrected chi connectivity index (χ2v) is 9.62. The number of esters is 1. The smallest absolute Gasteiger partial charge is 0.316 e. The number of aromatic nitrogens is 4. The third-order valence-corrected chi connectivity index (χ3v) is 7.38. The van der Waals surface area contributed by atoms with Crippen LogP contribution in [0.2, 0.25) is 0 Å². The number of ether oxygens (including phenoxy) is 1. The minimum Gasteiger partial charge on any atom is -0.465 e. The molecule has 0 spiro atoms. The molecule has 4 aromatic rings. The summed E-state index contributed by atoms with van der Waals surface area (Å²) in [7, 11) is 0. The predicted molar refractivity (Wildman–Crippen MR) is 156 cm³/mol. The molecular formula is C29H30Cl2N6O2. The summed E-state index contributed by atoms with van der Waals surface area (Å²) in [4.78, 5) is 17.6. The van der Waals surface area contributed by atoms with Crippen molar-refractivity contribution in [2.24, 2.45) is 11.3 Å². The van der Waals surface area contributed by atoms with E-state index >= 15 is 0 Å². The van der Waals surface area contributed by atoms with E-state index in [2.05, 4.69) is 30.2 Å². The van der Waals surface area contributed by atoms with Crippen molar-refractivity contribution in [3.05, 3.63) is 84.9 Å². The van der Waals surface area contributed by atoms with Gasteiger partial charge in [-0.2, -0.15) is 0 Å². The maximum Gasteiger partial charge on any atom is 0.316 e. The monoisotopic (exact) mass is 564 g/mol. The molecule has 2 fully saturated rings. The Morgan fingerprint density at radius 2 is 1.21 bits per heavy atom. The molecule has 0 amide bonds. The number of hydrogen-bond donors (Lipinski definition) is 0. The molecule has 4 heterocycles. The first-order valence-electron chi connectivity index (χ1n) is 12.6. The second kappa shape index (κ2) is 12.0. The zero-order chi connectivity index (χ0) is 25.2. The van der Waals surface area contributed by atoms with Crippen LogP contribution in [0.3, 0.4) is 0 Å². The standard InChI is InChI=1S/C29H28N6O2.2ClH/c1-2-37-28(36)29-19-34(26-15-13-24(30-32-26)21-9-5-3-6-10-21)17-23(29)18-35(20-29)27-16-14-25(31-33-27)22-11-7-4-8-12-22;;/h3-16,23H,2,17-20H2,1H3;2*1H. The molecule has 2 aliphatic rings. The molecule has 0 saturated carbocycles. The first kappa shape index (κ1) is 28.3. The lowest BCUT2D eigenvalue weighted by Gasteiger charge is -2.27. The van der Waals surface area contributed by atoms with Crippen molar-refractivity contribution in [1.29, 1.82) is 0 Å². The average Bonchev–Trinajstić information content (AvgIpc) is 3.51. The number of rotatable bonds is 6. The van der Waals surface area contributed by atoms with Crippen molar-refractivity contribution in [2.75, 3.05) is 42.6 Å². The van der Waals surface area contributed by atoms with E-state index in [0.717, 1.165) is 34.2 Å². The summed E-state index contributed by atoms with van der Waals surface area (Å²) in [5, 5.41) is 17.9. The summed E-state index contributed by atoms with van der Waals surface area (Å²) in [6, 6.07) is 27.9. The summed E-state index contributed by atoms with van der Waals surface area (Å²) in [5.74, 6) is 1.47. The van der Waals surface area contributed by atoms with Gasteiger partial charge in [-0.1, -0.05) is 60.7 Å². The highest BCUT2D eigenvalue weighted by atomic mass is 35.5. The molecule has 0 atom stereocenters. The van der Waals surface area contributed by atoms with Gasteiger partial charge in [0.15, 0.2) is 11.6 Å². The summed E-state index contributed by atoms with van der Waals surface area (Å²) in [6.45, 7) is 4.66. The molecule has 2 aromatic carbocycles. The van der Waals surface area contributed by atoms with Crippen LogP contribution in [0.1, 0.15) is 6.92 Å². The van der Waals surface area contributed by atoms with Gasteiger partial charge in [-0.05, 0) is 31.2 Å². The van der Waals surface area contributed by atoms with E-state index in [0.29, 0.717) is 32.8 Å². The maximum atomic E-state index is 13.3. The van der Waals surface area contributed by atoms with Gasteiger partial charge in [0.1, 0.15) is 5.41 Å². The molecular weight excluding hydrogens is 535 g/mol. The zero-order valence-electron chi connectivity index (χ0n) is 21.5. The normalized spacial score (nSPS) is 19.6. The summed E-state index contributed by atoms with van der Waals surface area (Å²) >= 11 is 0. The van der Waals surface area contributed by atoms with Crippen molar-refractivity contribution in [1.82, 2.24) is 20.4 Å². The van der Waals surface area contributed by atoms with Crippen LogP contribution in [0, 0.1) is 11.3 Å². The van der Waals surface area contributed by atoms with Gasteiger partial charge in [-0.3, -0.25) is 4.79 Å². The summed E-state index contributed by atoms with van der Waals surface area (Å²) in [5.41, 5.74) is 3.05. The number of anilines is 2. The number of benzene rings is 2. The number of nitrogens with zero attached hydrogens (tertiary/aromatic N) is 6. The van der Waals surface area contributed by atoms with Gasteiger partial charge < -0.3 is 14.5 Å². The molecule has 2 aliphatic heterocycles. The van der Waals surface area contributed by atoms with E-state index in [1.54, 1.807) is 0 Å². The highest BCUT2D eigenvalue weighted by Crippen LogP contribution is 2.45. The van der Waals surface area contributed by atoms with Crippen molar-refractivity contribution in [3.8, 4) is 22.5 Å². The Kier molecular flexibility index (Phi) is 8.67. The Bertz CT molecular complexity index is 1280. The Morgan fingerprint density at radius 3 is 1.59 bits per heavy atom. The highest BCUT2D eigenvalue weighted by Gasteiger charge is 2.59. The molecule has 0 unspecified atom stereocenters. The van der Waals surface area contributed by atoms with Crippen LogP contribution in [0.5, 0.6) is 0 Å².